The minimum atomic E-state index is -0.0856. The lowest BCUT2D eigenvalue weighted by Gasteiger charge is -2.32. The lowest BCUT2D eigenvalue weighted by atomic mass is 10.1. The van der Waals surface area contributed by atoms with Crippen LogP contribution in [0.1, 0.15) is 56.1 Å². The van der Waals surface area contributed by atoms with Gasteiger partial charge in [-0.2, -0.15) is 0 Å². The van der Waals surface area contributed by atoms with Crippen LogP contribution in [-0.2, 0) is 24.2 Å². The fraction of sp³-hybridized carbons (Fsp3) is 0.448. The Kier molecular flexibility index (Phi) is 8.45. The molecule has 9 heteroatoms. The molecule has 0 bridgehead atoms. The molecule has 0 radical (unpaired) electrons. The number of hydrogen-bond donors (Lipinski definition) is 1. The second kappa shape index (κ2) is 12.3. The Morgan fingerprint density at radius 1 is 1.18 bits per heavy atom. The van der Waals surface area contributed by atoms with Gasteiger partial charge in [-0.1, -0.05) is 37.3 Å². The van der Waals surface area contributed by atoms with Gasteiger partial charge in [0.2, 0.25) is 0 Å². The molecule has 0 unspecified atom stereocenters. The number of aromatic nitrogens is 5. The van der Waals surface area contributed by atoms with Crippen LogP contribution in [0, 0.1) is 0 Å². The second-order valence-corrected chi connectivity index (χ2v) is 9.79. The quantitative estimate of drug-likeness (QED) is 0.300. The van der Waals surface area contributed by atoms with E-state index in [1.54, 1.807) is 0 Å². The fourth-order valence-corrected chi connectivity index (χ4v) is 5.27. The highest BCUT2D eigenvalue weighted by Crippen LogP contribution is 2.27. The predicted molar refractivity (Wildman–Crippen MR) is 146 cm³/mol. The van der Waals surface area contributed by atoms with Gasteiger partial charge in [-0.3, -0.25) is 9.69 Å². The zero-order valence-electron chi connectivity index (χ0n) is 22.2. The van der Waals surface area contributed by atoms with E-state index >= 15 is 0 Å². The van der Waals surface area contributed by atoms with Crippen LogP contribution in [0.2, 0.25) is 0 Å². The maximum Gasteiger partial charge on any atom is 0.252 e. The smallest absolute Gasteiger partial charge is 0.252 e. The zero-order chi connectivity index (χ0) is 26.3. The number of rotatable bonds is 12. The molecule has 0 aliphatic carbocycles. The average Bonchev–Trinajstić information content (AvgIpc) is 3.62. The van der Waals surface area contributed by atoms with Gasteiger partial charge >= 0.3 is 0 Å². The molecule has 2 atom stereocenters. The van der Waals surface area contributed by atoms with E-state index in [1.807, 2.05) is 54.1 Å². The highest BCUT2D eigenvalue weighted by Gasteiger charge is 2.29. The van der Waals surface area contributed by atoms with Gasteiger partial charge in [0.05, 0.1) is 18.8 Å². The van der Waals surface area contributed by atoms with Gasteiger partial charge in [0.1, 0.15) is 5.75 Å². The first-order valence-electron chi connectivity index (χ1n) is 13.6. The van der Waals surface area contributed by atoms with Crippen LogP contribution in [0.5, 0.6) is 5.75 Å². The third kappa shape index (κ3) is 6.11. The van der Waals surface area contributed by atoms with Gasteiger partial charge in [0.15, 0.2) is 5.82 Å². The van der Waals surface area contributed by atoms with E-state index in [-0.39, 0.29) is 17.7 Å². The molecule has 2 aromatic carbocycles. The number of tetrazole rings is 1. The third-order valence-corrected chi connectivity index (χ3v) is 7.18. The summed E-state index contributed by atoms with van der Waals surface area (Å²) in [4.78, 5) is 18.5. The minimum Gasteiger partial charge on any atom is -0.494 e. The molecule has 0 saturated carbocycles. The average molecular weight is 517 g/mol. The minimum absolute atomic E-state index is 0.0603. The Bertz CT molecular complexity index is 1380. The molecular weight excluding hydrogens is 480 g/mol. The van der Waals surface area contributed by atoms with E-state index < -0.39 is 0 Å². The molecule has 5 rings (SSSR count). The van der Waals surface area contributed by atoms with E-state index in [4.69, 9.17) is 9.47 Å². The Balaban J connectivity index is 1.43. The number of benzene rings is 2. The van der Waals surface area contributed by atoms with Crippen molar-refractivity contribution in [1.29, 1.82) is 0 Å². The fourth-order valence-electron chi connectivity index (χ4n) is 5.27. The van der Waals surface area contributed by atoms with Crippen LogP contribution in [0.3, 0.4) is 0 Å². The largest absolute Gasteiger partial charge is 0.494 e. The molecular formula is C29H36N6O3. The molecule has 1 fully saturated rings. The summed E-state index contributed by atoms with van der Waals surface area (Å²) in [6.07, 6.45) is 3.84. The Labute approximate surface area is 222 Å². The first-order valence-corrected chi connectivity index (χ1v) is 13.6. The molecule has 0 amide bonds. The van der Waals surface area contributed by atoms with Crippen molar-refractivity contribution in [3.05, 3.63) is 81.9 Å². The number of aryl methyl sites for hydroxylation is 2. The number of nitrogens with zero attached hydrogens (tertiary/aromatic N) is 5. The summed E-state index contributed by atoms with van der Waals surface area (Å²) < 4.78 is 13.6. The summed E-state index contributed by atoms with van der Waals surface area (Å²) >= 11 is 0. The molecule has 3 heterocycles. The SMILES string of the molecule is CCOc1ccc2[nH]c(=O)c(CN(C[C@H]3CCCO3)[C@H](CC)c3nnnn3CCc3ccccc3)cc2c1. The van der Waals surface area contributed by atoms with Gasteiger partial charge in [-0.15, -0.1) is 5.10 Å². The first-order chi connectivity index (χ1) is 18.6. The topological polar surface area (TPSA) is 98.2 Å². The Morgan fingerprint density at radius 3 is 2.82 bits per heavy atom. The van der Waals surface area contributed by atoms with Crippen LogP contribution >= 0.6 is 0 Å². The highest BCUT2D eigenvalue weighted by atomic mass is 16.5. The van der Waals surface area contributed by atoms with Crippen molar-refractivity contribution < 1.29 is 9.47 Å². The van der Waals surface area contributed by atoms with E-state index in [1.165, 1.54) is 5.56 Å². The van der Waals surface area contributed by atoms with E-state index in [0.717, 1.165) is 54.8 Å². The molecule has 1 aliphatic heterocycles. The van der Waals surface area contributed by atoms with Gasteiger partial charge in [-0.25, -0.2) is 4.68 Å². The molecule has 1 aliphatic rings. The first kappa shape index (κ1) is 26.1. The zero-order valence-corrected chi connectivity index (χ0v) is 22.2. The van der Waals surface area contributed by atoms with Gasteiger partial charge < -0.3 is 14.5 Å². The number of aromatic amines is 1. The normalized spacial score (nSPS) is 16.3. The standard InChI is InChI=1S/C29H36N6O3/c1-3-27(28-31-32-33-35(28)15-14-21-9-6-5-7-10-21)34(20-25-11-8-16-38-25)19-23-17-22-18-24(37-4-2)12-13-26(22)30-29(23)36/h5-7,9-10,12-13,17-18,25,27H,3-4,8,11,14-16,19-20H2,1-2H3,(H,30,36)/t25-,27-/m1/s1. The van der Waals surface area contributed by atoms with Gasteiger partial charge in [0, 0.05) is 42.7 Å². The van der Waals surface area contributed by atoms with Crippen LogP contribution in [0.25, 0.3) is 10.9 Å². The number of nitrogens with one attached hydrogen (secondary N) is 1. The van der Waals surface area contributed by atoms with Crippen molar-refractivity contribution in [3.8, 4) is 5.75 Å². The van der Waals surface area contributed by atoms with E-state index in [0.29, 0.717) is 31.8 Å². The van der Waals surface area contributed by atoms with E-state index in [2.05, 4.69) is 44.5 Å². The summed E-state index contributed by atoms with van der Waals surface area (Å²) in [6, 6.07) is 18.0. The summed E-state index contributed by atoms with van der Waals surface area (Å²) in [5.41, 5.74) is 2.65. The maximum atomic E-state index is 13.2. The number of hydrogen-bond acceptors (Lipinski definition) is 7. The Hall–Kier alpha value is -3.56. The molecule has 0 spiro atoms. The monoisotopic (exact) mass is 516 g/mol. The third-order valence-electron chi connectivity index (χ3n) is 7.18. The molecule has 2 aromatic heterocycles. The van der Waals surface area contributed by atoms with Crippen LogP contribution in [0.4, 0.5) is 0 Å². The number of fused-ring (bicyclic) bond motifs is 1. The molecule has 200 valence electrons. The lowest BCUT2D eigenvalue weighted by molar-refractivity contribution is 0.0488. The lowest BCUT2D eigenvalue weighted by Crippen LogP contribution is -2.37. The van der Waals surface area contributed by atoms with Crippen molar-refractivity contribution in [1.82, 2.24) is 30.1 Å². The summed E-state index contributed by atoms with van der Waals surface area (Å²) in [5, 5.41) is 13.8. The molecule has 1 N–H and O–H groups in total. The Morgan fingerprint density at radius 2 is 2.05 bits per heavy atom. The van der Waals surface area contributed by atoms with Gasteiger partial charge in [-0.05, 0) is 72.9 Å². The molecule has 1 saturated heterocycles. The van der Waals surface area contributed by atoms with Crippen molar-refractivity contribution in [3.63, 3.8) is 0 Å². The maximum absolute atomic E-state index is 13.2. The second-order valence-electron chi connectivity index (χ2n) is 9.79. The van der Waals surface area contributed by atoms with Crippen LogP contribution < -0.4 is 10.3 Å². The van der Waals surface area contributed by atoms with Crippen LogP contribution in [0.15, 0.2) is 59.4 Å². The van der Waals surface area contributed by atoms with Crippen LogP contribution in [-0.4, -0.2) is 56.0 Å². The molecule has 38 heavy (non-hydrogen) atoms. The van der Waals surface area contributed by atoms with Crippen molar-refractivity contribution in [2.75, 3.05) is 19.8 Å². The summed E-state index contributed by atoms with van der Waals surface area (Å²) in [6.45, 7) is 7.34. The summed E-state index contributed by atoms with van der Waals surface area (Å²) in [7, 11) is 0. The van der Waals surface area contributed by atoms with E-state index in [9.17, 15) is 4.79 Å². The van der Waals surface area contributed by atoms with Gasteiger partial charge in [0.25, 0.3) is 5.56 Å². The van der Waals surface area contributed by atoms with Crippen molar-refractivity contribution >= 4 is 10.9 Å². The number of pyridine rings is 1. The summed E-state index contributed by atoms with van der Waals surface area (Å²) in [5.74, 6) is 1.61. The highest BCUT2D eigenvalue weighted by molar-refractivity contribution is 5.80. The van der Waals surface area contributed by atoms with Crippen molar-refractivity contribution in [2.45, 2.75) is 64.8 Å². The molecule has 9 nitrogen and oxygen atoms in total. The molecule has 4 aromatic rings. The number of H-pyrrole nitrogens is 1. The van der Waals surface area contributed by atoms with Crippen molar-refractivity contribution in [2.24, 2.45) is 0 Å². The number of ether oxygens (including phenoxy) is 2. The predicted octanol–water partition coefficient (Wildman–Crippen LogP) is 4.29.